The highest BCUT2D eigenvalue weighted by Crippen LogP contribution is 2.14. The Labute approximate surface area is 210 Å². The fourth-order valence-corrected chi connectivity index (χ4v) is 3.96. The summed E-state index contributed by atoms with van der Waals surface area (Å²) in [7, 11) is 0. The summed E-state index contributed by atoms with van der Waals surface area (Å²) >= 11 is 1.49. The molecule has 0 bridgehead atoms. The molecular formula is C25H34N4O5S. The molecule has 0 aliphatic heterocycles. The molecule has 5 N–H and O–H groups in total. The van der Waals surface area contributed by atoms with Crippen molar-refractivity contribution in [2.24, 2.45) is 5.92 Å². The van der Waals surface area contributed by atoms with Crippen LogP contribution in [0.4, 0.5) is 0 Å². The van der Waals surface area contributed by atoms with E-state index in [2.05, 4.69) is 20.9 Å². The lowest BCUT2D eigenvalue weighted by Crippen LogP contribution is -2.56. The second kappa shape index (κ2) is 14.3. The number of carboxylic acid groups (broad SMARTS) is 1. The monoisotopic (exact) mass is 502 g/mol. The molecule has 1 aromatic carbocycles. The average molecular weight is 503 g/mol. The van der Waals surface area contributed by atoms with Crippen LogP contribution in [-0.4, -0.2) is 63.1 Å². The molecule has 0 unspecified atom stereocenters. The molecule has 0 spiro atoms. The number of aromatic nitrogens is 1. The number of thioether (sulfide) groups is 1. The summed E-state index contributed by atoms with van der Waals surface area (Å²) in [5, 5.41) is 28.0. The van der Waals surface area contributed by atoms with Crippen LogP contribution in [0, 0.1) is 5.92 Å². The van der Waals surface area contributed by atoms with Gasteiger partial charge in [-0.2, -0.15) is 11.8 Å². The van der Waals surface area contributed by atoms with Crippen LogP contribution in [0.1, 0.15) is 31.5 Å². The van der Waals surface area contributed by atoms with E-state index in [1.807, 2.05) is 50.4 Å². The standard InChI is InChI=1S/C25H34N4O5S/c1-16(2)22(27-15-20-21(30)10-7-12-26-20)24(32)29-19(14-17-8-5-4-6-9-17)23(31)28-18(25(33)34)11-13-35-3/h4-10,12,16,18-19,22,27,30H,11,13-15H2,1-3H3,(H,28,31)(H,29,32)(H,33,34)/t18-,19-,22-/m0/s1. The van der Waals surface area contributed by atoms with Crippen molar-refractivity contribution in [2.75, 3.05) is 12.0 Å². The first-order valence-electron chi connectivity index (χ1n) is 11.5. The fraction of sp³-hybridized carbons (Fsp3) is 0.440. The highest BCUT2D eigenvalue weighted by Gasteiger charge is 2.30. The maximum Gasteiger partial charge on any atom is 0.326 e. The summed E-state index contributed by atoms with van der Waals surface area (Å²) in [6.07, 6.45) is 3.90. The first kappa shape index (κ1) is 28.1. The van der Waals surface area contributed by atoms with Crippen molar-refractivity contribution >= 4 is 29.5 Å². The van der Waals surface area contributed by atoms with Gasteiger partial charge in [0.25, 0.3) is 0 Å². The first-order valence-corrected chi connectivity index (χ1v) is 12.8. The molecule has 190 valence electrons. The van der Waals surface area contributed by atoms with Crippen molar-refractivity contribution in [3.8, 4) is 5.75 Å². The smallest absolute Gasteiger partial charge is 0.326 e. The van der Waals surface area contributed by atoms with E-state index in [9.17, 15) is 24.6 Å². The molecule has 2 rings (SSSR count). The number of pyridine rings is 1. The summed E-state index contributed by atoms with van der Waals surface area (Å²) in [6.45, 7) is 3.89. The van der Waals surface area contributed by atoms with E-state index < -0.39 is 35.9 Å². The van der Waals surface area contributed by atoms with Gasteiger partial charge in [-0.15, -0.1) is 0 Å². The Morgan fingerprint density at radius 3 is 2.29 bits per heavy atom. The predicted molar refractivity (Wildman–Crippen MR) is 136 cm³/mol. The summed E-state index contributed by atoms with van der Waals surface area (Å²) in [5.41, 5.74) is 1.24. The van der Waals surface area contributed by atoms with Gasteiger partial charge in [0.1, 0.15) is 17.8 Å². The highest BCUT2D eigenvalue weighted by molar-refractivity contribution is 7.98. The number of amides is 2. The molecule has 0 aliphatic rings. The lowest BCUT2D eigenvalue weighted by atomic mass is 10.0. The zero-order valence-electron chi connectivity index (χ0n) is 20.2. The van der Waals surface area contributed by atoms with Gasteiger partial charge in [-0.1, -0.05) is 44.2 Å². The number of aromatic hydroxyl groups is 1. The molecule has 0 saturated carbocycles. The van der Waals surface area contributed by atoms with E-state index in [0.29, 0.717) is 11.4 Å². The third-order valence-corrected chi connectivity index (χ3v) is 6.09. The SMILES string of the molecule is CSCC[C@H](NC(=O)[C@H](Cc1ccccc1)NC(=O)[C@@H](NCc1ncccc1O)C(C)C)C(=O)O. The normalized spacial score (nSPS) is 13.6. The van der Waals surface area contributed by atoms with Crippen LogP contribution in [0.2, 0.25) is 0 Å². The molecule has 9 nitrogen and oxygen atoms in total. The molecule has 2 aromatic rings. The van der Waals surface area contributed by atoms with Crippen molar-refractivity contribution < 1.29 is 24.6 Å². The number of carbonyl (C=O) groups is 3. The van der Waals surface area contributed by atoms with Crippen LogP contribution in [0.15, 0.2) is 48.7 Å². The molecule has 2 amide bonds. The molecule has 0 fully saturated rings. The van der Waals surface area contributed by atoms with Crippen LogP contribution < -0.4 is 16.0 Å². The van der Waals surface area contributed by atoms with Crippen LogP contribution in [0.3, 0.4) is 0 Å². The Morgan fingerprint density at radius 1 is 1.00 bits per heavy atom. The number of aliphatic carboxylic acids is 1. The van der Waals surface area contributed by atoms with E-state index in [1.165, 1.54) is 17.8 Å². The Balaban J connectivity index is 2.17. The average Bonchev–Trinajstić information content (AvgIpc) is 2.82. The summed E-state index contributed by atoms with van der Waals surface area (Å²) in [5.74, 6) is -1.60. The van der Waals surface area contributed by atoms with Crippen LogP contribution in [0.25, 0.3) is 0 Å². The number of hydrogen-bond donors (Lipinski definition) is 5. The van der Waals surface area contributed by atoms with Crippen molar-refractivity contribution in [1.82, 2.24) is 20.9 Å². The number of rotatable bonds is 14. The van der Waals surface area contributed by atoms with E-state index in [1.54, 1.807) is 12.3 Å². The van der Waals surface area contributed by atoms with Crippen molar-refractivity contribution in [1.29, 1.82) is 0 Å². The van der Waals surface area contributed by atoms with E-state index in [0.717, 1.165) is 5.56 Å². The number of carboxylic acids is 1. The zero-order chi connectivity index (χ0) is 25.8. The maximum absolute atomic E-state index is 13.2. The van der Waals surface area contributed by atoms with Crippen LogP contribution in [0.5, 0.6) is 5.75 Å². The quantitative estimate of drug-likeness (QED) is 0.264. The minimum atomic E-state index is -1.12. The fourth-order valence-electron chi connectivity index (χ4n) is 3.49. The Morgan fingerprint density at radius 2 is 1.69 bits per heavy atom. The second-order valence-electron chi connectivity index (χ2n) is 8.50. The van der Waals surface area contributed by atoms with Gasteiger partial charge in [0.2, 0.25) is 11.8 Å². The third kappa shape index (κ3) is 9.22. The van der Waals surface area contributed by atoms with E-state index in [4.69, 9.17) is 0 Å². The minimum Gasteiger partial charge on any atom is -0.506 e. The van der Waals surface area contributed by atoms with Crippen molar-refractivity contribution in [2.45, 2.75) is 51.4 Å². The number of benzene rings is 1. The molecule has 10 heteroatoms. The molecule has 3 atom stereocenters. The highest BCUT2D eigenvalue weighted by atomic mass is 32.2. The number of nitrogens with zero attached hydrogens (tertiary/aromatic N) is 1. The van der Waals surface area contributed by atoms with Gasteiger partial charge in [0.15, 0.2) is 0 Å². The van der Waals surface area contributed by atoms with Gasteiger partial charge in [-0.3, -0.25) is 19.9 Å². The van der Waals surface area contributed by atoms with Gasteiger partial charge < -0.3 is 20.8 Å². The zero-order valence-corrected chi connectivity index (χ0v) is 21.0. The van der Waals surface area contributed by atoms with Gasteiger partial charge in [0.05, 0.1) is 11.7 Å². The van der Waals surface area contributed by atoms with Crippen molar-refractivity contribution in [3.63, 3.8) is 0 Å². The van der Waals surface area contributed by atoms with E-state index in [-0.39, 0.29) is 31.1 Å². The molecule has 1 heterocycles. The Hall–Kier alpha value is -3.11. The topological polar surface area (TPSA) is 141 Å². The lowest BCUT2D eigenvalue weighted by Gasteiger charge is -2.26. The second-order valence-corrected chi connectivity index (χ2v) is 9.49. The number of carbonyl (C=O) groups excluding carboxylic acids is 2. The predicted octanol–water partition coefficient (Wildman–Crippen LogP) is 1.95. The largest absolute Gasteiger partial charge is 0.506 e. The summed E-state index contributed by atoms with van der Waals surface area (Å²) in [6, 6.07) is 9.66. The van der Waals surface area contributed by atoms with Crippen LogP contribution >= 0.6 is 11.8 Å². The van der Waals surface area contributed by atoms with Crippen molar-refractivity contribution in [3.05, 3.63) is 59.9 Å². The maximum atomic E-state index is 13.2. The minimum absolute atomic E-state index is 0.0224. The third-order valence-electron chi connectivity index (χ3n) is 5.45. The van der Waals surface area contributed by atoms with Gasteiger partial charge in [-0.25, -0.2) is 4.79 Å². The van der Waals surface area contributed by atoms with Gasteiger partial charge >= 0.3 is 5.97 Å². The number of nitrogens with one attached hydrogen (secondary N) is 3. The molecule has 35 heavy (non-hydrogen) atoms. The van der Waals surface area contributed by atoms with E-state index >= 15 is 0 Å². The molecular weight excluding hydrogens is 468 g/mol. The summed E-state index contributed by atoms with van der Waals surface area (Å²) in [4.78, 5) is 42.1. The lowest BCUT2D eigenvalue weighted by molar-refractivity contribution is -0.142. The molecule has 0 radical (unpaired) electrons. The molecule has 0 saturated heterocycles. The Kier molecular flexibility index (Phi) is 11.5. The van der Waals surface area contributed by atoms with Gasteiger partial charge in [0, 0.05) is 19.2 Å². The molecule has 1 aromatic heterocycles. The van der Waals surface area contributed by atoms with Crippen LogP contribution in [-0.2, 0) is 27.3 Å². The van der Waals surface area contributed by atoms with Gasteiger partial charge in [-0.05, 0) is 42.0 Å². The number of hydrogen-bond acceptors (Lipinski definition) is 7. The first-order chi connectivity index (χ1) is 16.7. The Bertz CT molecular complexity index is 973. The molecule has 0 aliphatic carbocycles. The summed E-state index contributed by atoms with van der Waals surface area (Å²) < 4.78 is 0.